The molecule has 8 heteroatoms. The second-order valence-electron chi connectivity index (χ2n) is 2.63. The molecule has 0 bridgehead atoms. The van der Waals surface area contributed by atoms with Crippen molar-refractivity contribution in [2.75, 3.05) is 6.54 Å². The van der Waals surface area contributed by atoms with Crippen molar-refractivity contribution >= 4 is 0 Å². The Morgan fingerprint density at radius 2 is 2.43 bits per heavy atom. The Hall–Kier alpha value is -1.63. The quantitative estimate of drug-likeness (QED) is 0.346. The number of nitrogens with zero attached hydrogens (tertiary/aromatic N) is 5. The van der Waals surface area contributed by atoms with Crippen LogP contribution >= 0.6 is 0 Å². The molecule has 76 valence electrons. The molecule has 0 radical (unpaired) electrons. The highest BCUT2D eigenvalue weighted by Crippen LogP contribution is 2.13. The van der Waals surface area contributed by atoms with Crippen molar-refractivity contribution < 1.29 is 10.2 Å². The lowest BCUT2D eigenvalue weighted by molar-refractivity contribution is 0.00997. The van der Waals surface area contributed by atoms with Crippen LogP contribution in [0, 0.1) is 0 Å². The largest absolute Gasteiger partial charge is 0.390 e. The van der Waals surface area contributed by atoms with E-state index < -0.39 is 12.2 Å². The summed E-state index contributed by atoms with van der Waals surface area (Å²) in [4.78, 5) is 6.21. The molecule has 1 heterocycles. The lowest BCUT2D eigenvalue weighted by Crippen LogP contribution is -2.20. The second-order valence-corrected chi connectivity index (χ2v) is 2.63. The van der Waals surface area contributed by atoms with Gasteiger partial charge in [-0.05, 0) is 12.0 Å². The van der Waals surface area contributed by atoms with Crippen LogP contribution in [0.3, 0.4) is 0 Å². The lowest BCUT2D eigenvalue weighted by Gasteiger charge is -2.13. The van der Waals surface area contributed by atoms with E-state index in [0.717, 1.165) is 0 Å². The van der Waals surface area contributed by atoms with Gasteiger partial charge in [0, 0.05) is 11.5 Å². The Bertz CT molecular complexity index is 306. The van der Waals surface area contributed by atoms with Gasteiger partial charge in [0.15, 0.2) is 5.82 Å². The van der Waals surface area contributed by atoms with E-state index in [2.05, 4.69) is 25.2 Å². The standard InChI is InChI=1S/C6H10N6O2/c7-12-9-2-1-4(13)5(14)6-8-3-10-11-6/h3-5,13-14H,1-2H2,(H,8,10,11). The van der Waals surface area contributed by atoms with Gasteiger partial charge in [0.1, 0.15) is 12.4 Å². The number of hydrogen-bond donors (Lipinski definition) is 3. The number of rotatable bonds is 5. The zero-order valence-electron chi connectivity index (χ0n) is 7.28. The highest BCUT2D eigenvalue weighted by atomic mass is 16.3. The third-order valence-electron chi connectivity index (χ3n) is 1.67. The minimum absolute atomic E-state index is 0.128. The van der Waals surface area contributed by atoms with Gasteiger partial charge in [-0.2, -0.15) is 5.10 Å². The maximum Gasteiger partial charge on any atom is 0.155 e. The molecule has 1 aromatic rings. The molecule has 2 atom stereocenters. The lowest BCUT2D eigenvalue weighted by atomic mass is 10.1. The molecule has 0 saturated heterocycles. The molecule has 8 nitrogen and oxygen atoms in total. The van der Waals surface area contributed by atoms with E-state index in [9.17, 15) is 10.2 Å². The summed E-state index contributed by atoms with van der Waals surface area (Å²) in [6.45, 7) is 0.128. The van der Waals surface area contributed by atoms with Crippen LogP contribution in [-0.4, -0.2) is 38.0 Å². The predicted molar refractivity (Wildman–Crippen MR) is 46.0 cm³/mol. The zero-order valence-corrected chi connectivity index (χ0v) is 7.28. The van der Waals surface area contributed by atoms with Gasteiger partial charge in [-0.25, -0.2) is 4.98 Å². The monoisotopic (exact) mass is 198 g/mol. The van der Waals surface area contributed by atoms with Crippen molar-refractivity contribution in [2.24, 2.45) is 5.11 Å². The summed E-state index contributed by atoms with van der Waals surface area (Å²) in [5.41, 5.74) is 7.99. The van der Waals surface area contributed by atoms with E-state index in [1.807, 2.05) is 0 Å². The molecule has 0 fully saturated rings. The van der Waals surface area contributed by atoms with Crippen molar-refractivity contribution in [1.82, 2.24) is 15.2 Å². The molecule has 14 heavy (non-hydrogen) atoms. The molecule has 0 aliphatic heterocycles. The summed E-state index contributed by atoms with van der Waals surface area (Å²) in [5.74, 6) is 0.193. The number of aromatic amines is 1. The van der Waals surface area contributed by atoms with E-state index >= 15 is 0 Å². The van der Waals surface area contributed by atoms with Crippen LogP contribution in [0.5, 0.6) is 0 Å². The predicted octanol–water partition coefficient (Wildman–Crippen LogP) is -0.101. The SMILES string of the molecule is [N-]=[N+]=NCCC(O)C(O)c1ncn[nH]1. The minimum Gasteiger partial charge on any atom is -0.390 e. The highest BCUT2D eigenvalue weighted by molar-refractivity contribution is 4.90. The van der Waals surface area contributed by atoms with E-state index in [4.69, 9.17) is 5.53 Å². The maximum absolute atomic E-state index is 9.46. The molecule has 3 N–H and O–H groups in total. The van der Waals surface area contributed by atoms with Gasteiger partial charge in [-0.1, -0.05) is 5.11 Å². The van der Waals surface area contributed by atoms with Crippen LogP contribution in [0.4, 0.5) is 0 Å². The summed E-state index contributed by atoms with van der Waals surface area (Å²) in [7, 11) is 0. The van der Waals surface area contributed by atoms with Gasteiger partial charge in [0.25, 0.3) is 0 Å². The molecule has 0 aromatic carbocycles. The molecule has 0 aliphatic rings. The number of nitrogens with one attached hydrogen (secondary N) is 1. The van der Waals surface area contributed by atoms with Crippen LogP contribution in [0.1, 0.15) is 18.3 Å². The molecule has 0 amide bonds. The number of azide groups is 1. The Morgan fingerprint density at radius 3 is 3.00 bits per heavy atom. The summed E-state index contributed by atoms with van der Waals surface area (Å²) in [6, 6.07) is 0. The van der Waals surface area contributed by atoms with Crippen molar-refractivity contribution in [3.63, 3.8) is 0 Å². The Morgan fingerprint density at radius 1 is 1.64 bits per heavy atom. The van der Waals surface area contributed by atoms with Crippen molar-refractivity contribution in [3.05, 3.63) is 22.6 Å². The van der Waals surface area contributed by atoms with Gasteiger partial charge in [-0.3, -0.25) is 5.10 Å². The third kappa shape index (κ3) is 2.70. The Kier molecular flexibility index (Phi) is 3.86. The highest BCUT2D eigenvalue weighted by Gasteiger charge is 2.19. The second kappa shape index (κ2) is 5.18. The zero-order chi connectivity index (χ0) is 10.4. The smallest absolute Gasteiger partial charge is 0.155 e. The molecule has 0 saturated carbocycles. The fraction of sp³-hybridized carbons (Fsp3) is 0.667. The number of aromatic nitrogens is 3. The van der Waals surface area contributed by atoms with Gasteiger partial charge in [0.05, 0.1) is 6.10 Å². The van der Waals surface area contributed by atoms with E-state index in [0.29, 0.717) is 0 Å². The van der Waals surface area contributed by atoms with Crippen LogP contribution in [-0.2, 0) is 0 Å². The topological polar surface area (TPSA) is 131 Å². The summed E-state index contributed by atoms with van der Waals surface area (Å²) in [6.07, 6.45) is -0.746. The van der Waals surface area contributed by atoms with Gasteiger partial charge < -0.3 is 10.2 Å². The first-order valence-electron chi connectivity index (χ1n) is 3.98. The third-order valence-corrected chi connectivity index (χ3v) is 1.67. The van der Waals surface area contributed by atoms with Gasteiger partial charge >= 0.3 is 0 Å². The van der Waals surface area contributed by atoms with E-state index in [1.54, 1.807) is 0 Å². The molecule has 1 rings (SSSR count). The maximum atomic E-state index is 9.46. The molecule has 2 unspecified atom stereocenters. The van der Waals surface area contributed by atoms with Crippen LogP contribution in [0.15, 0.2) is 11.4 Å². The van der Waals surface area contributed by atoms with Crippen molar-refractivity contribution in [3.8, 4) is 0 Å². The van der Waals surface area contributed by atoms with Crippen LogP contribution < -0.4 is 0 Å². The molecular formula is C6H10N6O2. The fourth-order valence-electron chi connectivity index (χ4n) is 0.932. The molecule has 0 spiro atoms. The van der Waals surface area contributed by atoms with E-state index in [-0.39, 0.29) is 18.8 Å². The number of aliphatic hydroxyl groups is 2. The number of H-pyrrole nitrogens is 1. The van der Waals surface area contributed by atoms with Crippen LogP contribution in [0.2, 0.25) is 0 Å². The average Bonchev–Trinajstić information content (AvgIpc) is 2.69. The molecular weight excluding hydrogens is 188 g/mol. The first kappa shape index (κ1) is 10.5. The summed E-state index contributed by atoms with van der Waals surface area (Å²) < 4.78 is 0. The summed E-state index contributed by atoms with van der Waals surface area (Å²) in [5, 5.41) is 28.1. The van der Waals surface area contributed by atoms with Crippen LogP contribution in [0.25, 0.3) is 10.4 Å². The molecule has 0 aliphatic carbocycles. The van der Waals surface area contributed by atoms with Gasteiger partial charge in [-0.15, -0.1) is 0 Å². The minimum atomic E-state index is -1.13. The molecule has 1 aromatic heterocycles. The normalized spacial score (nSPS) is 14.4. The number of hydrogen-bond acceptors (Lipinski definition) is 5. The average molecular weight is 198 g/mol. The summed E-state index contributed by atoms with van der Waals surface area (Å²) >= 11 is 0. The Labute approximate surface area is 79.2 Å². The van der Waals surface area contributed by atoms with Gasteiger partial charge in [0.2, 0.25) is 0 Å². The Balaban J connectivity index is 2.44. The van der Waals surface area contributed by atoms with Crippen molar-refractivity contribution in [1.29, 1.82) is 0 Å². The van der Waals surface area contributed by atoms with E-state index in [1.165, 1.54) is 6.33 Å². The first-order chi connectivity index (χ1) is 6.75. The number of aliphatic hydroxyl groups excluding tert-OH is 2. The van der Waals surface area contributed by atoms with Crippen molar-refractivity contribution in [2.45, 2.75) is 18.6 Å². The first-order valence-corrected chi connectivity index (χ1v) is 3.98. The fourth-order valence-corrected chi connectivity index (χ4v) is 0.932.